The molecule has 2 aliphatic rings. The van der Waals surface area contributed by atoms with Gasteiger partial charge in [0.05, 0.1) is 0 Å². The maximum absolute atomic E-state index is 6.05. The molecule has 1 aliphatic carbocycles. The van der Waals surface area contributed by atoms with E-state index in [4.69, 9.17) is 5.73 Å². The molecule has 2 aromatic rings. The van der Waals surface area contributed by atoms with E-state index in [1.165, 1.54) is 49.7 Å². The van der Waals surface area contributed by atoms with Crippen LogP contribution in [0.1, 0.15) is 54.9 Å². The number of rotatable bonds is 5. The zero-order valence-corrected chi connectivity index (χ0v) is 15.4. The van der Waals surface area contributed by atoms with Crippen LogP contribution in [-0.2, 0) is 32.2 Å². The second kappa shape index (κ2) is 7.89. The summed E-state index contributed by atoms with van der Waals surface area (Å²) in [7, 11) is 0. The molecule has 26 heavy (non-hydrogen) atoms. The van der Waals surface area contributed by atoms with Crippen molar-refractivity contribution in [3.05, 3.63) is 41.0 Å². The van der Waals surface area contributed by atoms with Gasteiger partial charge < -0.3 is 15.6 Å². The van der Waals surface area contributed by atoms with Gasteiger partial charge >= 0.3 is 0 Å². The number of nitrogens with two attached hydrogens (primary N) is 1. The molecule has 4 rings (SSSR count). The van der Waals surface area contributed by atoms with Crippen LogP contribution < -0.4 is 11.1 Å². The first-order valence-corrected chi connectivity index (χ1v) is 9.89. The summed E-state index contributed by atoms with van der Waals surface area (Å²) in [6.07, 6.45) is 10.3. The van der Waals surface area contributed by atoms with Crippen LogP contribution in [0.3, 0.4) is 0 Å². The summed E-state index contributed by atoms with van der Waals surface area (Å²) in [6, 6.07) is 6.50. The van der Waals surface area contributed by atoms with Crippen molar-refractivity contribution < 1.29 is 0 Å². The highest BCUT2D eigenvalue weighted by atomic mass is 15.3. The molecule has 0 radical (unpaired) electrons. The Bertz CT molecular complexity index is 792. The summed E-state index contributed by atoms with van der Waals surface area (Å²) in [4.78, 5) is 4.47. The van der Waals surface area contributed by atoms with Crippen molar-refractivity contribution in [3.63, 3.8) is 0 Å². The van der Waals surface area contributed by atoms with E-state index in [9.17, 15) is 0 Å². The Balaban J connectivity index is 1.28. The summed E-state index contributed by atoms with van der Waals surface area (Å²) in [6.45, 7) is 1.76. The zero-order chi connectivity index (χ0) is 17.8. The van der Waals surface area contributed by atoms with E-state index in [1.807, 2.05) is 0 Å². The maximum atomic E-state index is 6.05. The van der Waals surface area contributed by atoms with E-state index >= 15 is 0 Å². The van der Waals surface area contributed by atoms with Crippen LogP contribution in [0.2, 0.25) is 0 Å². The summed E-state index contributed by atoms with van der Waals surface area (Å²) in [5, 5.41) is 11.9. The molecule has 0 bridgehead atoms. The minimum Gasteiger partial charge on any atom is -0.370 e. The Morgan fingerprint density at radius 1 is 1.08 bits per heavy atom. The van der Waals surface area contributed by atoms with Gasteiger partial charge in [-0.2, -0.15) is 0 Å². The molecule has 0 spiro atoms. The van der Waals surface area contributed by atoms with Crippen LogP contribution in [0.4, 0.5) is 5.69 Å². The fourth-order valence-corrected chi connectivity index (χ4v) is 4.00. The standard InChI is InChI=1S/C20H28N6/c21-20(23-17-11-10-15-6-4-7-16(15)14-17)22-12-5-9-19-25-24-18-8-2-1-3-13-26(18)19/h10-11,14H,1-9,12-13H2,(H3,21,22,23). The Hall–Kier alpha value is -2.37. The first-order chi connectivity index (χ1) is 12.8. The number of hydrogen-bond acceptors (Lipinski definition) is 3. The fourth-order valence-electron chi connectivity index (χ4n) is 4.00. The van der Waals surface area contributed by atoms with Crippen LogP contribution in [0.25, 0.3) is 0 Å². The molecule has 0 unspecified atom stereocenters. The normalized spacial score (nSPS) is 16.8. The van der Waals surface area contributed by atoms with Gasteiger partial charge in [0.15, 0.2) is 5.96 Å². The topological polar surface area (TPSA) is 81.1 Å². The molecule has 6 heteroatoms. The second-order valence-electron chi connectivity index (χ2n) is 7.33. The summed E-state index contributed by atoms with van der Waals surface area (Å²) in [5.41, 5.74) is 10.00. The highest BCUT2D eigenvalue weighted by molar-refractivity contribution is 5.92. The Morgan fingerprint density at radius 3 is 2.96 bits per heavy atom. The van der Waals surface area contributed by atoms with Crippen LogP contribution in [0.15, 0.2) is 23.2 Å². The Morgan fingerprint density at radius 2 is 2.00 bits per heavy atom. The monoisotopic (exact) mass is 352 g/mol. The number of nitrogens with one attached hydrogen (secondary N) is 1. The fraction of sp³-hybridized carbons (Fsp3) is 0.550. The third kappa shape index (κ3) is 3.89. The molecule has 0 saturated heterocycles. The van der Waals surface area contributed by atoms with Gasteiger partial charge in [-0.1, -0.05) is 12.5 Å². The molecule has 0 amide bonds. The second-order valence-corrected chi connectivity index (χ2v) is 7.33. The molecule has 0 saturated carbocycles. The molecule has 3 N–H and O–H groups in total. The van der Waals surface area contributed by atoms with Crippen LogP contribution >= 0.6 is 0 Å². The third-order valence-electron chi connectivity index (χ3n) is 5.40. The lowest BCUT2D eigenvalue weighted by molar-refractivity contribution is 0.598. The van der Waals surface area contributed by atoms with E-state index < -0.39 is 0 Å². The molecule has 6 nitrogen and oxygen atoms in total. The smallest absolute Gasteiger partial charge is 0.193 e. The van der Waals surface area contributed by atoms with Crippen molar-refractivity contribution >= 4 is 11.6 Å². The number of anilines is 1. The van der Waals surface area contributed by atoms with Crippen LogP contribution in [0, 0.1) is 0 Å². The number of aryl methyl sites for hydroxylation is 4. The van der Waals surface area contributed by atoms with Gasteiger partial charge in [-0.15, -0.1) is 10.2 Å². The maximum Gasteiger partial charge on any atom is 0.193 e. The van der Waals surface area contributed by atoms with Crippen molar-refractivity contribution in [1.82, 2.24) is 14.8 Å². The number of nitrogens with zero attached hydrogens (tertiary/aromatic N) is 4. The van der Waals surface area contributed by atoms with Crippen molar-refractivity contribution in [1.29, 1.82) is 0 Å². The van der Waals surface area contributed by atoms with Crippen molar-refractivity contribution in [2.45, 2.75) is 64.3 Å². The minimum atomic E-state index is 0.489. The van der Waals surface area contributed by atoms with Crippen molar-refractivity contribution in [2.75, 3.05) is 11.9 Å². The lowest BCUT2D eigenvalue weighted by Crippen LogP contribution is -2.23. The Labute approximate surface area is 154 Å². The minimum absolute atomic E-state index is 0.489. The SMILES string of the molecule is NC(=NCCCc1nnc2n1CCCCC2)Nc1ccc2c(c1)CCC2. The molecular weight excluding hydrogens is 324 g/mol. The first-order valence-electron chi connectivity index (χ1n) is 9.89. The number of guanidine groups is 1. The highest BCUT2D eigenvalue weighted by Crippen LogP contribution is 2.24. The largest absolute Gasteiger partial charge is 0.370 e. The third-order valence-corrected chi connectivity index (χ3v) is 5.40. The van der Waals surface area contributed by atoms with E-state index in [2.05, 4.69) is 43.3 Å². The average Bonchev–Trinajstić information content (AvgIpc) is 3.19. The molecule has 1 aliphatic heterocycles. The molecule has 0 atom stereocenters. The number of hydrogen-bond donors (Lipinski definition) is 2. The van der Waals surface area contributed by atoms with Crippen molar-refractivity contribution in [2.24, 2.45) is 10.7 Å². The lowest BCUT2D eigenvalue weighted by atomic mass is 10.1. The predicted molar refractivity (Wildman–Crippen MR) is 104 cm³/mol. The van der Waals surface area contributed by atoms with Gasteiger partial charge in [0.1, 0.15) is 11.6 Å². The highest BCUT2D eigenvalue weighted by Gasteiger charge is 2.14. The molecule has 1 aromatic carbocycles. The van der Waals surface area contributed by atoms with Crippen molar-refractivity contribution in [3.8, 4) is 0 Å². The number of aliphatic imine (C=N–C) groups is 1. The van der Waals surface area contributed by atoms with Gasteiger partial charge in [-0.05, 0) is 61.8 Å². The van der Waals surface area contributed by atoms with Gasteiger partial charge in [0, 0.05) is 31.6 Å². The lowest BCUT2D eigenvalue weighted by Gasteiger charge is -2.08. The van der Waals surface area contributed by atoms with E-state index in [0.29, 0.717) is 12.5 Å². The zero-order valence-electron chi connectivity index (χ0n) is 15.4. The Kier molecular flexibility index (Phi) is 5.18. The van der Waals surface area contributed by atoms with E-state index in [0.717, 1.165) is 43.1 Å². The molecule has 1 aromatic heterocycles. The number of benzene rings is 1. The first kappa shape index (κ1) is 17.1. The van der Waals surface area contributed by atoms with Gasteiger partial charge in [-0.3, -0.25) is 4.99 Å². The van der Waals surface area contributed by atoms with Gasteiger partial charge in [0.2, 0.25) is 0 Å². The summed E-state index contributed by atoms with van der Waals surface area (Å²) < 4.78 is 2.31. The van der Waals surface area contributed by atoms with Gasteiger partial charge in [0.25, 0.3) is 0 Å². The summed E-state index contributed by atoms with van der Waals surface area (Å²) in [5.74, 6) is 2.74. The van der Waals surface area contributed by atoms with E-state index in [1.54, 1.807) is 0 Å². The molecule has 138 valence electrons. The van der Waals surface area contributed by atoms with Gasteiger partial charge in [-0.25, -0.2) is 0 Å². The van der Waals surface area contributed by atoms with Crippen LogP contribution in [0.5, 0.6) is 0 Å². The molecular formula is C20H28N6. The summed E-state index contributed by atoms with van der Waals surface area (Å²) >= 11 is 0. The molecule has 0 fully saturated rings. The molecule has 2 heterocycles. The quantitative estimate of drug-likeness (QED) is 0.492. The average molecular weight is 352 g/mol. The van der Waals surface area contributed by atoms with Crippen LogP contribution in [-0.4, -0.2) is 27.3 Å². The predicted octanol–water partition coefficient (Wildman–Crippen LogP) is 2.85. The number of aromatic nitrogens is 3. The van der Waals surface area contributed by atoms with E-state index in [-0.39, 0.29) is 0 Å². The number of fused-ring (bicyclic) bond motifs is 2.